The van der Waals surface area contributed by atoms with Crippen LogP contribution >= 0.6 is 17.2 Å². The van der Waals surface area contributed by atoms with Crippen molar-refractivity contribution in [2.24, 2.45) is 47.3 Å². The fourth-order valence-electron chi connectivity index (χ4n) is 13.5. The summed E-state index contributed by atoms with van der Waals surface area (Å²) < 4.78 is 0. The maximum absolute atomic E-state index is 5.15. The minimum Gasteiger partial charge on any atom is -0.260 e. The van der Waals surface area contributed by atoms with Gasteiger partial charge in [0.25, 0.3) is 0 Å². The van der Waals surface area contributed by atoms with Crippen molar-refractivity contribution < 1.29 is 0 Å². The average Bonchev–Trinajstić information content (AvgIpc) is 3.06. The Morgan fingerprint density at radius 2 is 1.00 bits per heavy atom. The van der Waals surface area contributed by atoms with E-state index in [-0.39, 0.29) is 7.92 Å². The molecule has 1 unspecified atom stereocenters. The van der Waals surface area contributed by atoms with E-state index in [1.54, 1.807) is 80.1 Å². The van der Waals surface area contributed by atoms with Gasteiger partial charge < -0.3 is 0 Å². The van der Waals surface area contributed by atoms with Gasteiger partial charge in [-0.1, -0.05) is 81.8 Å². The smallest absolute Gasteiger partial charge is 0.0935 e. The summed E-state index contributed by atoms with van der Waals surface area (Å²) in [4.78, 5) is 10.3. The molecule has 8 saturated carbocycles. The molecular weight excluding hydrogens is 675 g/mol. The van der Waals surface area contributed by atoms with E-state index in [1.165, 1.54) is 11.7 Å². The lowest BCUT2D eigenvalue weighted by Crippen LogP contribution is -2.57. The van der Waals surface area contributed by atoms with Gasteiger partial charge >= 0.3 is 0 Å². The first-order chi connectivity index (χ1) is 23.9. The van der Waals surface area contributed by atoms with Crippen molar-refractivity contribution in [3.05, 3.63) is 83.4 Å². The van der Waals surface area contributed by atoms with Crippen LogP contribution in [0.25, 0.3) is 0 Å². The molecule has 6 heteroatoms. The quantitative estimate of drug-likeness (QED) is 0.162. The third-order valence-corrected chi connectivity index (χ3v) is 24.0. The highest BCUT2D eigenvalue weighted by atomic mass is 31.1. The zero-order valence-electron chi connectivity index (χ0n) is 31.7. The Kier molecular flexibility index (Phi) is 8.79. The van der Waals surface area contributed by atoms with Crippen molar-refractivity contribution in [1.29, 1.82) is 0 Å². The van der Waals surface area contributed by atoms with Crippen LogP contribution in [0.1, 0.15) is 86.7 Å². The van der Waals surface area contributed by atoms with Gasteiger partial charge in [0.1, 0.15) is 0 Å². The molecule has 2 aromatic heterocycles. The van der Waals surface area contributed by atoms with E-state index in [0.29, 0.717) is 0 Å². The Labute approximate surface area is 309 Å². The number of rotatable bonds is 9. The van der Waals surface area contributed by atoms with Gasteiger partial charge in [0.05, 0.1) is 32.7 Å². The van der Waals surface area contributed by atoms with Gasteiger partial charge in [0.15, 0.2) is 0 Å². The minimum atomic E-state index is -1.68. The maximum Gasteiger partial charge on any atom is 0.0935 e. The van der Waals surface area contributed by atoms with E-state index < -0.39 is 21.3 Å². The number of pyridine rings is 2. The van der Waals surface area contributed by atoms with Crippen LogP contribution in [-0.2, 0) is 11.3 Å². The van der Waals surface area contributed by atoms with Crippen molar-refractivity contribution in [3.63, 3.8) is 0 Å². The number of hydrogen-bond donors (Lipinski definition) is 0. The molecule has 0 N–H and O–H groups in total. The molecular formula is C44H62N2P2Si2. The lowest BCUT2D eigenvalue weighted by atomic mass is 9.55. The van der Waals surface area contributed by atoms with E-state index in [2.05, 4.69) is 97.1 Å². The highest BCUT2D eigenvalue weighted by Gasteiger charge is 2.57. The fourth-order valence-corrected chi connectivity index (χ4v) is 23.9. The van der Waals surface area contributed by atoms with Crippen molar-refractivity contribution in [2.75, 3.05) is 0 Å². The molecule has 1 atom stereocenters. The van der Waals surface area contributed by atoms with Crippen molar-refractivity contribution in [3.8, 4) is 0 Å². The molecule has 1 aromatic carbocycles. The van der Waals surface area contributed by atoms with Crippen LogP contribution in [0.2, 0.25) is 39.3 Å². The fraction of sp³-hybridized carbons (Fsp3) is 0.636. The second-order valence-corrected chi connectivity index (χ2v) is 33.8. The molecule has 0 spiro atoms. The second kappa shape index (κ2) is 12.7. The van der Waals surface area contributed by atoms with Crippen molar-refractivity contribution >= 4 is 43.7 Å². The molecule has 8 aliphatic carbocycles. The summed E-state index contributed by atoms with van der Waals surface area (Å²) >= 11 is 0. The summed E-state index contributed by atoms with van der Waals surface area (Å²) in [5.74, 6) is 8.19. The van der Waals surface area contributed by atoms with Crippen LogP contribution in [0.5, 0.6) is 0 Å². The Hall–Kier alpha value is -1.19. The van der Waals surface area contributed by atoms with E-state index in [4.69, 9.17) is 9.97 Å². The predicted octanol–water partition coefficient (Wildman–Crippen LogP) is 10.4. The first-order valence-corrected chi connectivity index (χ1v) is 29.7. The maximum atomic E-state index is 5.15. The highest BCUT2D eigenvalue weighted by molar-refractivity contribution is 7.58. The molecule has 266 valence electrons. The molecule has 3 aromatic rings. The van der Waals surface area contributed by atoms with Crippen LogP contribution in [0.3, 0.4) is 0 Å². The molecule has 0 amide bonds. The molecule has 50 heavy (non-hydrogen) atoms. The highest BCUT2D eigenvalue weighted by Crippen LogP contribution is 2.72. The summed E-state index contributed by atoms with van der Waals surface area (Å²) in [6.45, 7) is 15.6. The van der Waals surface area contributed by atoms with Crippen molar-refractivity contribution in [1.82, 2.24) is 9.97 Å². The molecule has 11 rings (SSSR count). The molecule has 2 nitrogen and oxygen atoms in total. The third-order valence-electron chi connectivity index (χ3n) is 14.9. The standard InChI is InChI=1S/C44H62N2P2Si2/c1-49(2,3)38-25-36(37(26-39(38)50(4,5)6)44(47,40-11-7-9-13-45-40)41-12-8-10-14-46-41)27-48(42-32-17-28-15-29(19-32)20-33(42)18-28)43-34-21-30-16-31(23-34)24-35(43)22-30/h7-14,25-26,28-35,42-43H,15-24,27,47H2,1-6H3. The largest absolute Gasteiger partial charge is 0.260 e. The number of benzene rings is 1. The summed E-state index contributed by atoms with van der Waals surface area (Å²) in [5, 5.41) is 2.94. The normalized spacial score (nSPS) is 35.1. The molecule has 8 fully saturated rings. The lowest BCUT2D eigenvalue weighted by Gasteiger charge is -2.62. The van der Waals surface area contributed by atoms with Crippen LogP contribution in [0.4, 0.5) is 0 Å². The first-order valence-electron chi connectivity index (χ1n) is 20.4. The molecule has 0 radical (unpaired) electrons. The lowest BCUT2D eigenvalue weighted by molar-refractivity contribution is 0.0129. The van der Waals surface area contributed by atoms with E-state index in [1.807, 2.05) is 12.4 Å². The van der Waals surface area contributed by atoms with Gasteiger partial charge in [-0.2, -0.15) is 0 Å². The molecule has 8 aliphatic rings. The molecule has 8 bridgehead atoms. The van der Waals surface area contributed by atoms with E-state index in [0.717, 1.165) is 70.0 Å². The van der Waals surface area contributed by atoms with Crippen LogP contribution in [0.15, 0.2) is 60.9 Å². The summed E-state index contributed by atoms with van der Waals surface area (Å²) in [6.07, 6.45) is 20.9. The van der Waals surface area contributed by atoms with E-state index in [9.17, 15) is 0 Å². The van der Waals surface area contributed by atoms with Gasteiger partial charge in [-0.25, -0.2) is 0 Å². The summed E-state index contributed by atoms with van der Waals surface area (Å²) in [7, 11) is -0.0650. The number of hydrogen-bond acceptors (Lipinski definition) is 2. The Bertz CT molecular complexity index is 1580. The van der Waals surface area contributed by atoms with Gasteiger partial charge in [-0.05, 0) is 164 Å². The van der Waals surface area contributed by atoms with Gasteiger partial charge in [0.2, 0.25) is 0 Å². The van der Waals surface area contributed by atoms with E-state index >= 15 is 0 Å². The van der Waals surface area contributed by atoms with Crippen molar-refractivity contribution in [2.45, 2.75) is 126 Å². The molecule has 2 heterocycles. The van der Waals surface area contributed by atoms with Crippen LogP contribution in [-0.4, -0.2) is 37.4 Å². The van der Waals surface area contributed by atoms with Gasteiger partial charge in [0, 0.05) is 12.4 Å². The number of aromatic nitrogens is 2. The Morgan fingerprint density at radius 3 is 1.36 bits per heavy atom. The SMILES string of the molecule is C[Si](C)(C)c1cc(CP(C2C3CC4CC(C3)CC2C4)C2C3CC4CC(C3)CC2C4)c(C(P)(c2ccccn2)c2ccccn2)cc1[Si](C)(C)C. The minimum absolute atomic E-state index is 0.147. The topological polar surface area (TPSA) is 25.8 Å². The average molecular weight is 737 g/mol. The summed E-state index contributed by atoms with van der Waals surface area (Å²) in [5.41, 5.74) is 7.37. The summed E-state index contributed by atoms with van der Waals surface area (Å²) in [6, 6.07) is 18.7. The third kappa shape index (κ3) is 5.92. The van der Waals surface area contributed by atoms with Gasteiger partial charge in [-0.3, -0.25) is 9.97 Å². The molecule has 0 aliphatic heterocycles. The van der Waals surface area contributed by atoms with Crippen LogP contribution < -0.4 is 10.4 Å². The zero-order chi connectivity index (χ0) is 34.6. The van der Waals surface area contributed by atoms with Gasteiger partial charge in [-0.15, -0.1) is 9.24 Å². The Balaban J connectivity index is 1.26. The second-order valence-electron chi connectivity index (χ2n) is 20.3. The monoisotopic (exact) mass is 736 g/mol. The predicted molar refractivity (Wildman–Crippen MR) is 223 cm³/mol. The first kappa shape index (κ1) is 34.6. The number of nitrogens with zero attached hydrogens (tertiary/aromatic N) is 2. The Morgan fingerprint density at radius 1 is 0.600 bits per heavy atom. The van der Waals surface area contributed by atoms with Crippen LogP contribution in [0, 0.1) is 47.3 Å². The zero-order valence-corrected chi connectivity index (χ0v) is 35.8. The molecule has 0 saturated heterocycles.